The zero-order chi connectivity index (χ0) is 19.9. The van der Waals surface area contributed by atoms with Gasteiger partial charge in [-0.15, -0.1) is 0 Å². The normalized spacial score (nSPS) is 25.4. The Bertz CT molecular complexity index is 924. The minimum Gasteiger partial charge on any atom is -0.338 e. The van der Waals surface area contributed by atoms with E-state index in [1.807, 2.05) is 25.1 Å². The Morgan fingerprint density at radius 3 is 2.57 bits per heavy atom. The van der Waals surface area contributed by atoms with Crippen LogP contribution in [-0.4, -0.2) is 48.3 Å². The van der Waals surface area contributed by atoms with Crippen molar-refractivity contribution >= 4 is 11.9 Å². The number of amides is 1. The standard InChI is InChI=1S/C23H28N4O/c1-16-6-4-7-18(12-16)19-8-5-9-20(13-19)23(2)21(28)27(22(24)25-23)15-17-10-11-26(3)14-17/h4-9,12-13,17H,10-11,14-15H2,1-3H3,(H2,24,25)/t17-,23?/m0/s1. The Hall–Kier alpha value is -2.66. The molecule has 0 spiro atoms. The molecule has 2 atom stereocenters. The monoisotopic (exact) mass is 376 g/mol. The number of nitrogens with one attached hydrogen (secondary N) is 2. The van der Waals surface area contributed by atoms with Crippen LogP contribution in [0.15, 0.2) is 48.5 Å². The highest BCUT2D eigenvalue weighted by Gasteiger charge is 2.47. The van der Waals surface area contributed by atoms with Gasteiger partial charge in [-0.25, -0.2) is 0 Å². The number of guanidine groups is 1. The van der Waals surface area contributed by atoms with Gasteiger partial charge in [-0.05, 0) is 62.5 Å². The van der Waals surface area contributed by atoms with E-state index in [2.05, 4.69) is 54.5 Å². The zero-order valence-corrected chi connectivity index (χ0v) is 16.8. The van der Waals surface area contributed by atoms with E-state index in [-0.39, 0.29) is 11.9 Å². The molecule has 0 aromatic heterocycles. The SMILES string of the molecule is Cc1cccc(-c2cccc(C3(C)NC(=N)N(C[C@H]4CCN(C)C4)C3=O)c2)c1. The first-order valence-electron chi connectivity index (χ1n) is 9.91. The molecule has 0 saturated carbocycles. The first-order valence-corrected chi connectivity index (χ1v) is 9.91. The van der Waals surface area contributed by atoms with Gasteiger partial charge >= 0.3 is 0 Å². The third-order valence-electron chi connectivity index (χ3n) is 6.03. The lowest BCUT2D eigenvalue weighted by Crippen LogP contribution is -2.41. The maximum absolute atomic E-state index is 13.3. The Morgan fingerprint density at radius 2 is 1.89 bits per heavy atom. The van der Waals surface area contributed by atoms with Gasteiger partial charge in [-0.1, -0.05) is 48.0 Å². The number of carbonyl (C=O) groups is 1. The summed E-state index contributed by atoms with van der Waals surface area (Å²) in [5, 5.41) is 11.5. The van der Waals surface area contributed by atoms with Crippen LogP contribution in [0, 0.1) is 18.3 Å². The predicted octanol–water partition coefficient (Wildman–Crippen LogP) is 3.20. The fourth-order valence-corrected chi connectivity index (χ4v) is 4.37. The van der Waals surface area contributed by atoms with Gasteiger partial charge in [0, 0.05) is 13.1 Å². The zero-order valence-electron chi connectivity index (χ0n) is 16.8. The van der Waals surface area contributed by atoms with Crippen molar-refractivity contribution in [1.29, 1.82) is 5.41 Å². The van der Waals surface area contributed by atoms with E-state index < -0.39 is 5.54 Å². The summed E-state index contributed by atoms with van der Waals surface area (Å²) in [5.41, 5.74) is 3.42. The van der Waals surface area contributed by atoms with E-state index >= 15 is 0 Å². The molecule has 2 aromatic rings. The smallest absolute Gasteiger partial charge is 0.259 e. The second-order valence-corrected chi connectivity index (χ2v) is 8.38. The molecule has 4 rings (SSSR count). The summed E-state index contributed by atoms with van der Waals surface area (Å²) in [7, 11) is 2.11. The molecule has 5 nitrogen and oxygen atoms in total. The quantitative estimate of drug-likeness (QED) is 0.862. The Morgan fingerprint density at radius 1 is 1.18 bits per heavy atom. The topological polar surface area (TPSA) is 59.4 Å². The van der Waals surface area contributed by atoms with Crippen molar-refractivity contribution in [2.45, 2.75) is 25.8 Å². The fourth-order valence-electron chi connectivity index (χ4n) is 4.37. The largest absolute Gasteiger partial charge is 0.338 e. The molecule has 2 aliphatic rings. The van der Waals surface area contributed by atoms with E-state index in [9.17, 15) is 4.79 Å². The van der Waals surface area contributed by atoms with Gasteiger partial charge in [0.1, 0.15) is 5.54 Å². The number of rotatable bonds is 4. The van der Waals surface area contributed by atoms with Gasteiger partial charge < -0.3 is 10.2 Å². The minimum absolute atomic E-state index is 0.0338. The van der Waals surface area contributed by atoms with Gasteiger partial charge in [-0.2, -0.15) is 0 Å². The molecule has 1 unspecified atom stereocenters. The molecule has 28 heavy (non-hydrogen) atoms. The Balaban J connectivity index is 1.61. The molecule has 2 heterocycles. The second kappa shape index (κ2) is 7.06. The lowest BCUT2D eigenvalue weighted by molar-refractivity contribution is -0.131. The molecule has 5 heteroatoms. The third kappa shape index (κ3) is 3.31. The summed E-state index contributed by atoms with van der Waals surface area (Å²) >= 11 is 0. The van der Waals surface area contributed by atoms with E-state index in [1.54, 1.807) is 4.90 Å². The molecule has 146 valence electrons. The van der Waals surface area contributed by atoms with Crippen LogP contribution in [0.3, 0.4) is 0 Å². The molecule has 2 saturated heterocycles. The van der Waals surface area contributed by atoms with Crippen LogP contribution in [0.1, 0.15) is 24.5 Å². The average molecular weight is 377 g/mol. The first kappa shape index (κ1) is 18.7. The molecule has 1 amide bonds. The van der Waals surface area contributed by atoms with Gasteiger partial charge in [0.15, 0.2) is 5.96 Å². The lowest BCUT2D eigenvalue weighted by atomic mass is 9.89. The number of aryl methyl sites for hydroxylation is 1. The van der Waals surface area contributed by atoms with Gasteiger partial charge in [0.05, 0.1) is 0 Å². The van der Waals surface area contributed by atoms with Crippen molar-refractivity contribution in [2.75, 3.05) is 26.7 Å². The molecule has 2 aromatic carbocycles. The van der Waals surface area contributed by atoms with Crippen molar-refractivity contribution in [1.82, 2.24) is 15.1 Å². The molecule has 0 aliphatic carbocycles. The number of hydrogen-bond donors (Lipinski definition) is 2. The van der Waals surface area contributed by atoms with Crippen LogP contribution in [0.4, 0.5) is 0 Å². The van der Waals surface area contributed by atoms with Crippen LogP contribution >= 0.6 is 0 Å². The summed E-state index contributed by atoms with van der Waals surface area (Å²) in [5.74, 6) is 0.605. The number of benzene rings is 2. The maximum Gasteiger partial charge on any atom is 0.259 e. The van der Waals surface area contributed by atoms with Crippen molar-refractivity contribution in [3.8, 4) is 11.1 Å². The average Bonchev–Trinajstić information content (AvgIpc) is 3.18. The van der Waals surface area contributed by atoms with Crippen LogP contribution in [-0.2, 0) is 10.3 Å². The third-order valence-corrected chi connectivity index (χ3v) is 6.03. The fraction of sp³-hybridized carbons (Fsp3) is 0.391. The number of nitrogens with zero attached hydrogens (tertiary/aromatic N) is 2. The first-order chi connectivity index (χ1) is 13.4. The highest BCUT2D eigenvalue weighted by Crippen LogP contribution is 2.32. The van der Waals surface area contributed by atoms with Gasteiger partial charge in [0.25, 0.3) is 5.91 Å². The highest BCUT2D eigenvalue weighted by molar-refractivity contribution is 6.08. The van der Waals surface area contributed by atoms with Crippen LogP contribution in [0.5, 0.6) is 0 Å². The van der Waals surface area contributed by atoms with Crippen LogP contribution < -0.4 is 5.32 Å². The lowest BCUT2D eigenvalue weighted by Gasteiger charge is -2.24. The minimum atomic E-state index is -0.901. The predicted molar refractivity (Wildman–Crippen MR) is 112 cm³/mol. The molecule has 2 aliphatic heterocycles. The molecule has 2 fully saturated rings. The summed E-state index contributed by atoms with van der Waals surface area (Å²) < 4.78 is 0. The summed E-state index contributed by atoms with van der Waals surface area (Å²) in [6.07, 6.45) is 1.08. The Kier molecular flexibility index (Phi) is 4.71. The van der Waals surface area contributed by atoms with Crippen molar-refractivity contribution in [2.24, 2.45) is 5.92 Å². The molecule has 2 N–H and O–H groups in total. The number of likely N-dealkylation sites (tertiary alicyclic amines) is 1. The van der Waals surface area contributed by atoms with E-state index in [0.717, 1.165) is 36.2 Å². The van der Waals surface area contributed by atoms with E-state index in [0.29, 0.717) is 12.5 Å². The van der Waals surface area contributed by atoms with E-state index in [1.165, 1.54) is 5.56 Å². The van der Waals surface area contributed by atoms with Crippen LogP contribution in [0.2, 0.25) is 0 Å². The maximum atomic E-state index is 13.3. The molecular formula is C23H28N4O. The second-order valence-electron chi connectivity index (χ2n) is 8.38. The highest BCUT2D eigenvalue weighted by atomic mass is 16.2. The summed E-state index contributed by atoms with van der Waals surface area (Å²) in [4.78, 5) is 17.2. The van der Waals surface area contributed by atoms with Crippen molar-refractivity contribution < 1.29 is 4.79 Å². The number of hydrogen-bond acceptors (Lipinski definition) is 3. The van der Waals surface area contributed by atoms with Crippen LogP contribution in [0.25, 0.3) is 11.1 Å². The molecule has 0 radical (unpaired) electrons. The van der Waals surface area contributed by atoms with Gasteiger partial charge in [0.2, 0.25) is 0 Å². The Labute approximate surface area is 166 Å². The summed E-state index contributed by atoms with van der Waals surface area (Å²) in [6, 6.07) is 16.5. The van der Waals surface area contributed by atoms with Crippen molar-refractivity contribution in [3.05, 3.63) is 59.7 Å². The van der Waals surface area contributed by atoms with Gasteiger partial charge in [-0.3, -0.25) is 15.1 Å². The molecule has 0 bridgehead atoms. The summed E-state index contributed by atoms with van der Waals surface area (Å²) in [6.45, 7) is 6.62. The molecular weight excluding hydrogens is 348 g/mol. The van der Waals surface area contributed by atoms with E-state index in [4.69, 9.17) is 5.41 Å². The number of carbonyl (C=O) groups excluding carboxylic acids is 1. The van der Waals surface area contributed by atoms with Crippen molar-refractivity contribution in [3.63, 3.8) is 0 Å².